The number of carbonyl (C=O) groups is 1. The number of hydrogen-bond donors (Lipinski definition) is 0. The average Bonchev–Trinajstić information content (AvgIpc) is 2.68. The van der Waals surface area contributed by atoms with Crippen LogP contribution in [0.25, 0.3) is 0 Å². The highest BCUT2D eigenvalue weighted by Gasteiger charge is 2.23. The van der Waals surface area contributed by atoms with E-state index in [0.29, 0.717) is 18.3 Å². The van der Waals surface area contributed by atoms with Crippen LogP contribution in [0.3, 0.4) is 0 Å². The Hall–Kier alpha value is -2.43. The van der Waals surface area contributed by atoms with Gasteiger partial charge in [-0.3, -0.25) is 4.79 Å². The zero-order valence-corrected chi connectivity index (χ0v) is 15.1. The van der Waals surface area contributed by atoms with Crippen molar-refractivity contribution in [2.75, 3.05) is 18.5 Å². The maximum absolute atomic E-state index is 12.6. The molecule has 1 atom stereocenters. The molecule has 0 saturated carbocycles. The predicted octanol–water partition coefficient (Wildman–Crippen LogP) is 3.52. The third kappa shape index (κ3) is 4.16. The van der Waals surface area contributed by atoms with E-state index in [1.807, 2.05) is 36.4 Å². The summed E-state index contributed by atoms with van der Waals surface area (Å²) in [4.78, 5) is 16.6. The maximum Gasteiger partial charge on any atom is 0.274 e. The van der Waals surface area contributed by atoms with Crippen LogP contribution >= 0.6 is 0 Å². The van der Waals surface area contributed by atoms with Gasteiger partial charge >= 0.3 is 0 Å². The van der Waals surface area contributed by atoms with Crippen molar-refractivity contribution >= 4 is 11.7 Å². The van der Waals surface area contributed by atoms with Crippen molar-refractivity contribution in [2.45, 2.75) is 45.2 Å². The average molecular weight is 338 g/mol. The summed E-state index contributed by atoms with van der Waals surface area (Å²) in [6.45, 7) is 3.80. The molecule has 0 N–H and O–H groups in total. The lowest BCUT2D eigenvalue weighted by Gasteiger charge is -2.35. The van der Waals surface area contributed by atoms with Crippen molar-refractivity contribution in [3.8, 4) is 0 Å². The van der Waals surface area contributed by atoms with Crippen LogP contribution in [0.2, 0.25) is 0 Å². The first-order valence-corrected chi connectivity index (χ1v) is 9.08. The van der Waals surface area contributed by atoms with E-state index < -0.39 is 0 Å². The van der Waals surface area contributed by atoms with Crippen LogP contribution in [0.5, 0.6) is 0 Å². The Bertz CT molecular complexity index is 687. The number of aromatic nitrogens is 2. The molecular weight excluding hydrogens is 312 g/mol. The fourth-order valence-electron chi connectivity index (χ4n) is 3.44. The molecule has 0 spiro atoms. The lowest BCUT2D eigenvalue weighted by Crippen LogP contribution is -2.39. The van der Waals surface area contributed by atoms with E-state index in [2.05, 4.69) is 22.0 Å². The molecule has 5 heteroatoms. The Morgan fingerprint density at radius 2 is 1.96 bits per heavy atom. The van der Waals surface area contributed by atoms with E-state index in [1.54, 1.807) is 18.0 Å². The highest BCUT2D eigenvalue weighted by atomic mass is 16.2. The van der Waals surface area contributed by atoms with E-state index in [-0.39, 0.29) is 5.91 Å². The number of benzene rings is 1. The Balaban J connectivity index is 1.68. The fraction of sp³-hybridized carbons (Fsp3) is 0.450. The fourth-order valence-corrected chi connectivity index (χ4v) is 3.44. The van der Waals surface area contributed by atoms with Crippen LogP contribution in [0.4, 0.5) is 5.82 Å². The van der Waals surface area contributed by atoms with E-state index in [4.69, 9.17) is 0 Å². The van der Waals surface area contributed by atoms with Gasteiger partial charge in [0.1, 0.15) is 0 Å². The SMILES string of the molecule is CCC1CCCCN1c1ccc(C(=O)N(C)Cc2ccccc2)nn1. The number of rotatable bonds is 5. The zero-order chi connectivity index (χ0) is 17.6. The van der Waals surface area contributed by atoms with Crippen molar-refractivity contribution in [3.63, 3.8) is 0 Å². The number of nitrogens with zero attached hydrogens (tertiary/aromatic N) is 4. The summed E-state index contributed by atoms with van der Waals surface area (Å²) >= 11 is 0. The summed E-state index contributed by atoms with van der Waals surface area (Å²) in [6, 6.07) is 14.2. The molecule has 1 aliphatic rings. The minimum Gasteiger partial charge on any atom is -0.352 e. The molecule has 1 aliphatic heterocycles. The number of carbonyl (C=O) groups excluding carboxylic acids is 1. The molecule has 5 nitrogen and oxygen atoms in total. The minimum atomic E-state index is -0.103. The van der Waals surface area contributed by atoms with Crippen LogP contribution in [0.1, 0.15) is 48.7 Å². The Morgan fingerprint density at radius 1 is 1.16 bits per heavy atom. The van der Waals surface area contributed by atoms with Crippen molar-refractivity contribution in [2.24, 2.45) is 0 Å². The minimum absolute atomic E-state index is 0.103. The van der Waals surface area contributed by atoms with E-state index in [1.165, 1.54) is 19.3 Å². The molecule has 1 fully saturated rings. The number of hydrogen-bond acceptors (Lipinski definition) is 4. The summed E-state index contributed by atoms with van der Waals surface area (Å²) in [5.41, 5.74) is 1.49. The molecule has 132 valence electrons. The topological polar surface area (TPSA) is 49.3 Å². The Kier molecular flexibility index (Phi) is 5.64. The van der Waals surface area contributed by atoms with Gasteiger partial charge in [-0.05, 0) is 43.4 Å². The quantitative estimate of drug-likeness (QED) is 0.837. The summed E-state index contributed by atoms with van der Waals surface area (Å²) in [5.74, 6) is 0.780. The number of amides is 1. The van der Waals surface area contributed by atoms with Crippen molar-refractivity contribution in [3.05, 3.63) is 53.7 Å². The molecule has 1 aromatic carbocycles. The van der Waals surface area contributed by atoms with Gasteiger partial charge in [-0.15, -0.1) is 10.2 Å². The van der Waals surface area contributed by atoms with Crippen LogP contribution in [-0.4, -0.2) is 40.6 Å². The van der Waals surface area contributed by atoms with Crippen molar-refractivity contribution in [1.82, 2.24) is 15.1 Å². The first kappa shape index (κ1) is 17.4. The molecule has 0 bridgehead atoms. The summed E-state index contributed by atoms with van der Waals surface area (Å²) < 4.78 is 0. The van der Waals surface area contributed by atoms with Gasteiger partial charge in [-0.25, -0.2) is 0 Å². The molecule has 2 aromatic rings. The molecule has 2 heterocycles. The molecule has 1 saturated heterocycles. The van der Waals surface area contributed by atoms with Crippen LogP contribution in [0, 0.1) is 0 Å². The van der Waals surface area contributed by atoms with Gasteiger partial charge in [0, 0.05) is 26.2 Å². The zero-order valence-electron chi connectivity index (χ0n) is 15.1. The molecule has 0 radical (unpaired) electrons. The summed E-state index contributed by atoms with van der Waals surface area (Å²) in [7, 11) is 1.79. The second-order valence-electron chi connectivity index (χ2n) is 6.67. The van der Waals surface area contributed by atoms with E-state index in [9.17, 15) is 4.79 Å². The standard InChI is InChI=1S/C20H26N4O/c1-3-17-11-7-8-14-24(17)19-13-12-18(21-22-19)20(25)23(2)15-16-9-5-4-6-10-16/h4-6,9-10,12-13,17H,3,7-8,11,14-15H2,1-2H3. The van der Waals surface area contributed by atoms with Gasteiger partial charge in [0.25, 0.3) is 5.91 Å². The largest absolute Gasteiger partial charge is 0.352 e. The molecule has 1 aromatic heterocycles. The molecular formula is C20H26N4O. The molecule has 1 amide bonds. The van der Waals surface area contributed by atoms with Crippen LogP contribution in [0.15, 0.2) is 42.5 Å². The normalized spacial score (nSPS) is 17.4. The lowest BCUT2D eigenvalue weighted by molar-refractivity contribution is 0.0778. The molecule has 25 heavy (non-hydrogen) atoms. The summed E-state index contributed by atoms with van der Waals surface area (Å²) in [6.07, 6.45) is 4.79. The monoisotopic (exact) mass is 338 g/mol. The third-order valence-corrected chi connectivity index (χ3v) is 4.87. The second-order valence-corrected chi connectivity index (χ2v) is 6.67. The Labute approximate surface area is 149 Å². The van der Waals surface area contributed by atoms with Crippen molar-refractivity contribution < 1.29 is 4.79 Å². The van der Waals surface area contributed by atoms with Gasteiger partial charge in [0.2, 0.25) is 0 Å². The Morgan fingerprint density at radius 3 is 2.64 bits per heavy atom. The second kappa shape index (κ2) is 8.10. The lowest BCUT2D eigenvalue weighted by atomic mass is 10.0. The van der Waals surface area contributed by atoms with E-state index in [0.717, 1.165) is 24.3 Å². The highest BCUT2D eigenvalue weighted by molar-refractivity contribution is 5.92. The number of anilines is 1. The van der Waals surface area contributed by atoms with Gasteiger partial charge in [0.15, 0.2) is 11.5 Å². The molecule has 0 aliphatic carbocycles. The van der Waals surface area contributed by atoms with Crippen LogP contribution < -0.4 is 4.90 Å². The number of piperidine rings is 1. The van der Waals surface area contributed by atoms with Gasteiger partial charge in [-0.1, -0.05) is 37.3 Å². The van der Waals surface area contributed by atoms with Gasteiger partial charge in [-0.2, -0.15) is 0 Å². The maximum atomic E-state index is 12.6. The van der Waals surface area contributed by atoms with Crippen LogP contribution in [-0.2, 0) is 6.54 Å². The first-order chi connectivity index (χ1) is 12.2. The summed E-state index contributed by atoms with van der Waals surface area (Å²) in [5, 5.41) is 8.54. The molecule has 3 rings (SSSR count). The molecule has 1 unspecified atom stereocenters. The smallest absolute Gasteiger partial charge is 0.274 e. The first-order valence-electron chi connectivity index (χ1n) is 9.08. The van der Waals surface area contributed by atoms with Gasteiger partial charge in [0.05, 0.1) is 0 Å². The highest BCUT2D eigenvalue weighted by Crippen LogP contribution is 2.24. The third-order valence-electron chi connectivity index (χ3n) is 4.87. The van der Waals surface area contributed by atoms with E-state index >= 15 is 0 Å². The van der Waals surface area contributed by atoms with Crippen molar-refractivity contribution in [1.29, 1.82) is 0 Å². The predicted molar refractivity (Wildman–Crippen MR) is 99.5 cm³/mol. The van der Waals surface area contributed by atoms with Gasteiger partial charge < -0.3 is 9.80 Å².